The maximum Gasteiger partial charge on any atom is 0.123 e. The predicted molar refractivity (Wildman–Crippen MR) is 164 cm³/mol. The van der Waals surface area contributed by atoms with Gasteiger partial charge < -0.3 is 19.8 Å². The molecule has 4 aromatic rings. The van der Waals surface area contributed by atoms with Crippen LogP contribution in [-0.4, -0.2) is 59.0 Å². The van der Waals surface area contributed by atoms with Gasteiger partial charge in [-0.1, -0.05) is 44.0 Å². The minimum Gasteiger partial charge on any atom is -0.361 e. The van der Waals surface area contributed by atoms with E-state index in [2.05, 4.69) is 65.1 Å². The zero-order valence-electron chi connectivity index (χ0n) is 24.0. The zero-order valence-corrected chi connectivity index (χ0v) is 24.0. The molecule has 6 rings (SSSR count). The minimum atomic E-state index is -0.140. The van der Waals surface area contributed by atoms with Crippen molar-refractivity contribution in [3.05, 3.63) is 77.9 Å². The molecule has 208 valence electrons. The van der Waals surface area contributed by atoms with Crippen LogP contribution in [0.5, 0.6) is 0 Å². The van der Waals surface area contributed by atoms with Crippen LogP contribution < -0.4 is 0 Å². The third-order valence-electron chi connectivity index (χ3n) is 9.06. The Morgan fingerprint density at radius 3 is 2.56 bits per heavy atom. The molecule has 2 N–H and O–H groups in total. The van der Waals surface area contributed by atoms with Crippen molar-refractivity contribution in [1.82, 2.24) is 19.8 Å². The SMILES string of the molecule is CCCCC1(N(C)C)CC=C(c2[nH]c3ccc(F)cc3c2CCN2CCCC2)CC1.c1ccc2[nH]ccc2c1. The van der Waals surface area contributed by atoms with Gasteiger partial charge >= 0.3 is 0 Å². The van der Waals surface area contributed by atoms with Crippen LogP contribution in [-0.2, 0) is 6.42 Å². The molecule has 0 radical (unpaired) electrons. The van der Waals surface area contributed by atoms with E-state index in [4.69, 9.17) is 0 Å². The summed E-state index contributed by atoms with van der Waals surface area (Å²) in [4.78, 5) is 11.8. The third-order valence-corrected chi connectivity index (χ3v) is 9.06. The summed E-state index contributed by atoms with van der Waals surface area (Å²) in [5.41, 5.74) is 6.56. The monoisotopic (exact) mass is 528 g/mol. The summed E-state index contributed by atoms with van der Waals surface area (Å²) in [7, 11) is 4.48. The molecule has 2 aromatic carbocycles. The number of hydrogen-bond acceptors (Lipinski definition) is 2. The van der Waals surface area contributed by atoms with Gasteiger partial charge in [-0.2, -0.15) is 0 Å². The smallest absolute Gasteiger partial charge is 0.123 e. The van der Waals surface area contributed by atoms with Gasteiger partial charge in [0.1, 0.15) is 5.82 Å². The Hall–Kier alpha value is -2.89. The fourth-order valence-electron chi connectivity index (χ4n) is 6.50. The van der Waals surface area contributed by atoms with Gasteiger partial charge in [0.25, 0.3) is 0 Å². The second kappa shape index (κ2) is 12.5. The summed E-state index contributed by atoms with van der Waals surface area (Å²) in [6.45, 7) is 5.76. The van der Waals surface area contributed by atoms with E-state index in [1.165, 1.54) is 79.3 Å². The fourth-order valence-corrected chi connectivity index (χ4v) is 6.50. The van der Waals surface area contributed by atoms with Crippen molar-refractivity contribution in [3.63, 3.8) is 0 Å². The van der Waals surface area contributed by atoms with Gasteiger partial charge in [-0.3, -0.25) is 0 Å². The third kappa shape index (κ3) is 6.31. The van der Waals surface area contributed by atoms with Crippen LogP contribution in [0.1, 0.15) is 69.5 Å². The number of nitrogens with one attached hydrogen (secondary N) is 2. The number of unbranched alkanes of at least 4 members (excludes halogenated alkanes) is 1. The van der Waals surface area contributed by atoms with Crippen molar-refractivity contribution in [2.45, 2.75) is 70.3 Å². The molecule has 0 spiro atoms. The van der Waals surface area contributed by atoms with E-state index in [0.29, 0.717) is 0 Å². The number of aromatic nitrogens is 2. The molecule has 1 fully saturated rings. The van der Waals surface area contributed by atoms with Crippen molar-refractivity contribution in [2.75, 3.05) is 33.7 Å². The second-order valence-corrected chi connectivity index (χ2v) is 11.7. The maximum absolute atomic E-state index is 14.1. The maximum atomic E-state index is 14.1. The number of nitrogens with zero attached hydrogens (tertiary/aromatic N) is 2. The quantitative estimate of drug-likeness (QED) is 0.242. The Kier molecular flexibility index (Phi) is 8.89. The first-order valence-corrected chi connectivity index (χ1v) is 14.9. The summed E-state index contributed by atoms with van der Waals surface area (Å²) < 4.78 is 14.1. The predicted octanol–water partition coefficient (Wildman–Crippen LogP) is 8.17. The number of likely N-dealkylation sites (tertiary alicyclic amines) is 1. The topological polar surface area (TPSA) is 38.1 Å². The molecule has 1 unspecified atom stereocenters. The molecular weight excluding hydrogens is 483 g/mol. The zero-order chi connectivity index (χ0) is 27.2. The van der Waals surface area contributed by atoms with Gasteiger partial charge in [0.15, 0.2) is 0 Å². The average molecular weight is 529 g/mol. The largest absolute Gasteiger partial charge is 0.361 e. The number of halogens is 1. The fraction of sp³-hybridized carbons (Fsp3) is 0.471. The molecular formula is C34H45FN4. The van der Waals surface area contributed by atoms with Crippen LogP contribution >= 0.6 is 0 Å². The van der Waals surface area contributed by atoms with Gasteiger partial charge in [-0.05, 0) is 119 Å². The van der Waals surface area contributed by atoms with E-state index in [1.807, 2.05) is 24.4 Å². The number of para-hydroxylation sites is 1. The number of H-pyrrole nitrogens is 2. The number of aromatic amines is 2. The molecule has 5 heteroatoms. The van der Waals surface area contributed by atoms with Crippen molar-refractivity contribution in [1.29, 1.82) is 0 Å². The van der Waals surface area contributed by atoms with Crippen LogP contribution in [0.2, 0.25) is 0 Å². The normalized spacial score (nSPS) is 20.0. The molecule has 1 aliphatic carbocycles. The lowest BCUT2D eigenvalue weighted by Crippen LogP contribution is -2.45. The molecule has 1 atom stereocenters. The Labute approximate surface area is 233 Å². The van der Waals surface area contributed by atoms with Crippen LogP contribution in [0, 0.1) is 5.82 Å². The Morgan fingerprint density at radius 1 is 1.03 bits per heavy atom. The van der Waals surface area contributed by atoms with Gasteiger partial charge in [0.05, 0.1) is 0 Å². The molecule has 1 aliphatic heterocycles. The van der Waals surface area contributed by atoms with Crippen LogP contribution in [0.15, 0.2) is 60.8 Å². The molecule has 0 bridgehead atoms. The lowest BCUT2D eigenvalue weighted by Gasteiger charge is -2.42. The molecule has 4 nitrogen and oxygen atoms in total. The van der Waals surface area contributed by atoms with Crippen molar-refractivity contribution >= 4 is 27.4 Å². The summed E-state index contributed by atoms with van der Waals surface area (Å²) in [6, 6.07) is 15.5. The molecule has 0 amide bonds. The first-order chi connectivity index (χ1) is 19.0. The van der Waals surface area contributed by atoms with Crippen molar-refractivity contribution in [3.8, 4) is 0 Å². The summed E-state index contributed by atoms with van der Waals surface area (Å²) >= 11 is 0. The van der Waals surface area contributed by atoms with E-state index in [0.717, 1.165) is 36.7 Å². The highest BCUT2D eigenvalue weighted by Gasteiger charge is 2.34. The van der Waals surface area contributed by atoms with E-state index in [-0.39, 0.29) is 11.4 Å². The standard InChI is InChI=1S/C26H38FN3.C8H7N/c1-4-5-13-26(29(2)3)14-10-20(11-15-26)25-22(12-18-30-16-6-7-17-30)23-19-21(27)8-9-24(23)28-25;1-2-4-8-7(3-1)5-6-9-8/h8-10,19,28H,4-7,11-18H2,1-3H3;1-6,9H. The van der Waals surface area contributed by atoms with E-state index < -0.39 is 0 Å². The van der Waals surface area contributed by atoms with Crippen molar-refractivity contribution in [2.24, 2.45) is 0 Å². The lowest BCUT2D eigenvalue weighted by atomic mass is 9.77. The second-order valence-electron chi connectivity index (χ2n) is 11.7. The first-order valence-electron chi connectivity index (χ1n) is 14.9. The average Bonchev–Trinajstić information content (AvgIpc) is 3.71. The van der Waals surface area contributed by atoms with Gasteiger partial charge in [0, 0.05) is 40.4 Å². The molecule has 0 saturated carbocycles. The van der Waals surface area contributed by atoms with Crippen molar-refractivity contribution < 1.29 is 4.39 Å². The number of hydrogen-bond donors (Lipinski definition) is 2. The van der Waals surface area contributed by atoms with E-state index >= 15 is 0 Å². The van der Waals surface area contributed by atoms with Gasteiger partial charge in [-0.25, -0.2) is 4.39 Å². The molecule has 39 heavy (non-hydrogen) atoms. The number of allylic oxidation sites excluding steroid dienone is 1. The van der Waals surface area contributed by atoms with E-state index in [9.17, 15) is 4.39 Å². The van der Waals surface area contributed by atoms with Crippen LogP contribution in [0.25, 0.3) is 27.4 Å². The minimum absolute atomic E-state index is 0.140. The summed E-state index contributed by atoms with van der Waals surface area (Å²) in [5, 5.41) is 2.35. The Morgan fingerprint density at radius 2 is 1.85 bits per heavy atom. The van der Waals surface area contributed by atoms with E-state index in [1.54, 1.807) is 12.1 Å². The Balaban J connectivity index is 0.000000287. The van der Waals surface area contributed by atoms with Gasteiger partial charge in [-0.15, -0.1) is 0 Å². The van der Waals surface area contributed by atoms with Crippen LogP contribution in [0.3, 0.4) is 0 Å². The molecule has 3 heterocycles. The van der Waals surface area contributed by atoms with Gasteiger partial charge in [0.2, 0.25) is 0 Å². The molecule has 1 saturated heterocycles. The first kappa shape index (κ1) is 27.7. The number of rotatable bonds is 8. The van der Waals surface area contributed by atoms with Crippen LogP contribution in [0.4, 0.5) is 4.39 Å². The Bertz CT molecular complexity index is 1360. The lowest BCUT2D eigenvalue weighted by molar-refractivity contribution is 0.124. The number of fused-ring (bicyclic) bond motifs is 2. The highest BCUT2D eigenvalue weighted by Crippen LogP contribution is 2.41. The highest BCUT2D eigenvalue weighted by atomic mass is 19.1. The molecule has 2 aromatic heterocycles. The summed E-state index contributed by atoms with van der Waals surface area (Å²) in [6.07, 6.45) is 15.2. The molecule has 2 aliphatic rings. The number of benzene rings is 2. The highest BCUT2D eigenvalue weighted by molar-refractivity contribution is 5.89. The summed E-state index contributed by atoms with van der Waals surface area (Å²) in [5.74, 6) is -0.140.